The van der Waals surface area contributed by atoms with Gasteiger partial charge in [-0.25, -0.2) is 4.39 Å². The van der Waals surface area contributed by atoms with Gasteiger partial charge in [-0.05, 0) is 37.3 Å². The van der Waals surface area contributed by atoms with Crippen LogP contribution in [0.3, 0.4) is 0 Å². The second kappa shape index (κ2) is 7.23. The lowest BCUT2D eigenvalue weighted by Gasteiger charge is -2.35. The van der Waals surface area contributed by atoms with E-state index in [1.807, 2.05) is 36.1 Å². The molecule has 1 N–H and O–H groups in total. The fourth-order valence-electron chi connectivity index (χ4n) is 3.29. The number of benzene rings is 2. The smallest absolute Gasteiger partial charge is 0.272 e. The molecule has 0 spiro atoms. The number of nitrogens with one attached hydrogen (secondary N) is 1. The SMILES string of the molecule is Cc1ccc(-c2cc(C(=O)N3CCN(c4ccc(F)cc4)CC3)[nH]n2)cc1. The van der Waals surface area contributed by atoms with Crippen molar-refractivity contribution in [2.75, 3.05) is 31.1 Å². The first-order chi connectivity index (χ1) is 13.1. The van der Waals surface area contributed by atoms with E-state index in [0.29, 0.717) is 18.8 Å². The molecule has 5 nitrogen and oxygen atoms in total. The van der Waals surface area contributed by atoms with Crippen molar-refractivity contribution >= 4 is 11.6 Å². The van der Waals surface area contributed by atoms with Crippen molar-refractivity contribution in [2.45, 2.75) is 6.92 Å². The molecule has 4 rings (SSSR count). The average Bonchev–Trinajstić information content (AvgIpc) is 3.19. The summed E-state index contributed by atoms with van der Waals surface area (Å²) in [7, 11) is 0. The highest BCUT2D eigenvalue weighted by atomic mass is 19.1. The molecular formula is C21H21FN4O. The summed E-state index contributed by atoms with van der Waals surface area (Å²) in [5.74, 6) is -0.282. The second-order valence-corrected chi connectivity index (χ2v) is 6.79. The van der Waals surface area contributed by atoms with Crippen LogP contribution in [0.2, 0.25) is 0 Å². The number of anilines is 1. The Bertz CT molecular complexity index is 926. The number of aromatic amines is 1. The molecule has 0 bridgehead atoms. The molecule has 1 aliphatic heterocycles. The molecule has 2 heterocycles. The van der Waals surface area contributed by atoms with E-state index in [1.165, 1.54) is 17.7 Å². The fourth-order valence-corrected chi connectivity index (χ4v) is 3.29. The van der Waals surface area contributed by atoms with Crippen LogP contribution in [0.5, 0.6) is 0 Å². The number of aryl methyl sites for hydroxylation is 1. The number of carbonyl (C=O) groups excluding carboxylic acids is 1. The van der Waals surface area contributed by atoms with Gasteiger partial charge in [0.2, 0.25) is 0 Å². The molecule has 1 saturated heterocycles. The molecule has 0 unspecified atom stereocenters. The van der Waals surface area contributed by atoms with Gasteiger partial charge in [-0.15, -0.1) is 0 Å². The molecule has 1 aromatic heterocycles. The predicted molar refractivity (Wildman–Crippen MR) is 103 cm³/mol. The van der Waals surface area contributed by atoms with Crippen LogP contribution in [0.25, 0.3) is 11.3 Å². The van der Waals surface area contributed by atoms with E-state index in [0.717, 1.165) is 30.0 Å². The predicted octanol–water partition coefficient (Wildman–Crippen LogP) is 3.49. The third-order valence-corrected chi connectivity index (χ3v) is 4.91. The molecular weight excluding hydrogens is 343 g/mol. The third kappa shape index (κ3) is 3.69. The Morgan fingerprint density at radius 1 is 1.00 bits per heavy atom. The molecule has 2 aromatic carbocycles. The lowest BCUT2D eigenvalue weighted by Crippen LogP contribution is -2.48. The summed E-state index contributed by atoms with van der Waals surface area (Å²) in [4.78, 5) is 16.8. The van der Waals surface area contributed by atoms with E-state index in [9.17, 15) is 9.18 Å². The Morgan fingerprint density at radius 2 is 1.67 bits per heavy atom. The number of aromatic nitrogens is 2. The highest BCUT2D eigenvalue weighted by Gasteiger charge is 2.23. The third-order valence-electron chi connectivity index (χ3n) is 4.91. The fraction of sp³-hybridized carbons (Fsp3) is 0.238. The average molecular weight is 364 g/mol. The van der Waals surface area contributed by atoms with Crippen molar-refractivity contribution in [3.05, 3.63) is 71.7 Å². The molecule has 3 aromatic rings. The summed E-state index contributed by atoms with van der Waals surface area (Å²) in [5, 5.41) is 7.15. The second-order valence-electron chi connectivity index (χ2n) is 6.79. The van der Waals surface area contributed by atoms with Crippen LogP contribution >= 0.6 is 0 Å². The van der Waals surface area contributed by atoms with Crippen molar-refractivity contribution < 1.29 is 9.18 Å². The molecule has 6 heteroatoms. The van der Waals surface area contributed by atoms with Crippen LogP contribution in [0.4, 0.5) is 10.1 Å². The van der Waals surface area contributed by atoms with Gasteiger partial charge in [-0.1, -0.05) is 29.8 Å². The number of carbonyl (C=O) groups is 1. The number of hydrogen-bond acceptors (Lipinski definition) is 3. The highest BCUT2D eigenvalue weighted by Crippen LogP contribution is 2.20. The van der Waals surface area contributed by atoms with Crippen LogP contribution in [0.1, 0.15) is 16.1 Å². The van der Waals surface area contributed by atoms with Gasteiger partial charge in [0.1, 0.15) is 11.5 Å². The molecule has 1 aliphatic rings. The van der Waals surface area contributed by atoms with Crippen molar-refractivity contribution in [3.8, 4) is 11.3 Å². The van der Waals surface area contributed by atoms with Crippen molar-refractivity contribution in [3.63, 3.8) is 0 Å². The number of halogens is 1. The van der Waals surface area contributed by atoms with Gasteiger partial charge in [-0.3, -0.25) is 9.89 Å². The van der Waals surface area contributed by atoms with Gasteiger partial charge in [0.25, 0.3) is 5.91 Å². The minimum atomic E-state index is -0.240. The monoisotopic (exact) mass is 364 g/mol. The number of nitrogens with zero attached hydrogens (tertiary/aromatic N) is 3. The number of piperazine rings is 1. The zero-order valence-electron chi connectivity index (χ0n) is 15.2. The van der Waals surface area contributed by atoms with Crippen LogP contribution in [-0.2, 0) is 0 Å². The number of hydrogen-bond donors (Lipinski definition) is 1. The Labute approximate surface area is 157 Å². The van der Waals surface area contributed by atoms with Crippen molar-refractivity contribution in [1.82, 2.24) is 15.1 Å². The maximum absolute atomic E-state index is 13.1. The maximum Gasteiger partial charge on any atom is 0.272 e. The van der Waals surface area contributed by atoms with E-state index in [4.69, 9.17) is 0 Å². The molecule has 138 valence electrons. The Kier molecular flexibility index (Phi) is 4.62. The lowest BCUT2D eigenvalue weighted by atomic mass is 10.1. The quantitative estimate of drug-likeness (QED) is 0.774. The van der Waals surface area contributed by atoms with Crippen LogP contribution in [0, 0.1) is 12.7 Å². The molecule has 0 saturated carbocycles. The number of amides is 1. The van der Waals surface area contributed by atoms with E-state index in [2.05, 4.69) is 15.1 Å². The standard InChI is InChI=1S/C21H21FN4O/c1-15-2-4-16(5-3-15)19-14-20(24-23-19)21(27)26-12-10-25(11-13-26)18-8-6-17(22)7-9-18/h2-9,14H,10-13H2,1H3,(H,23,24). The molecule has 0 radical (unpaired) electrons. The maximum atomic E-state index is 13.1. The van der Waals surface area contributed by atoms with Gasteiger partial charge in [0, 0.05) is 37.4 Å². The van der Waals surface area contributed by atoms with Crippen LogP contribution in [0.15, 0.2) is 54.6 Å². The van der Waals surface area contributed by atoms with E-state index < -0.39 is 0 Å². The summed E-state index contributed by atoms with van der Waals surface area (Å²) in [6.07, 6.45) is 0. The summed E-state index contributed by atoms with van der Waals surface area (Å²) in [5.41, 5.74) is 4.41. The minimum absolute atomic E-state index is 0.0420. The van der Waals surface area contributed by atoms with Gasteiger partial charge in [-0.2, -0.15) is 5.10 Å². The first kappa shape index (κ1) is 17.3. The summed E-state index contributed by atoms with van der Waals surface area (Å²) >= 11 is 0. The topological polar surface area (TPSA) is 52.2 Å². The Hall–Kier alpha value is -3.15. The van der Waals surface area contributed by atoms with Gasteiger partial charge >= 0.3 is 0 Å². The van der Waals surface area contributed by atoms with Gasteiger partial charge in [0.15, 0.2) is 0 Å². The number of rotatable bonds is 3. The Morgan fingerprint density at radius 3 is 2.33 bits per heavy atom. The molecule has 27 heavy (non-hydrogen) atoms. The van der Waals surface area contributed by atoms with E-state index in [1.54, 1.807) is 18.2 Å². The van der Waals surface area contributed by atoms with Crippen molar-refractivity contribution in [1.29, 1.82) is 0 Å². The molecule has 0 aliphatic carbocycles. The van der Waals surface area contributed by atoms with Crippen molar-refractivity contribution in [2.24, 2.45) is 0 Å². The summed E-state index contributed by atoms with van der Waals surface area (Å²) in [6.45, 7) is 4.71. The first-order valence-corrected chi connectivity index (χ1v) is 9.02. The Balaban J connectivity index is 1.41. The summed E-state index contributed by atoms with van der Waals surface area (Å²) < 4.78 is 13.1. The number of H-pyrrole nitrogens is 1. The zero-order chi connectivity index (χ0) is 18.8. The normalized spacial score (nSPS) is 14.4. The van der Waals surface area contributed by atoms with Crippen LogP contribution < -0.4 is 4.90 Å². The minimum Gasteiger partial charge on any atom is -0.368 e. The van der Waals surface area contributed by atoms with Gasteiger partial charge < -0.3 is 9.80 Å². The highest BCUT2D eigenvalue weighted by molar-refractivity contribution is 5.93. The lowest BCUT2D eigenvalue weighted by molar-refractivity contribution is 0.0741. The molecule has 0 atom stereocenters. The first-order valence-electron chi connectivity index (χ1n) is 9.02. The van der Waals surface area contributed by atoms with E-state index >= 15 is 0 Å². The largest absolute Gasteiger partial charge is 0.368 e. The zero-order valence-corrected chi connectivity index (χ0v) is 15.2. The van der Waals surface area contributed by atoms with Gasteiger partial charge in [0.05, 0.1) is 5.69 Å². The van der Waals surface area contributed by atoms with Crippen LogP contribution in [-0.4, -0.2) is 47.2 Å². The van der Waals surface area contributed by atoms with E-state index in [-0.39, 0.29) is 11.7 Å². The molecule has 1 amide bonds. The molecule has 1 fully saturated rings. The summed E-state index contributed by atoms with van der Waals surface area (Å²) in [6, 6.07) is 16.3.